The Labute approximate surface area is 111 Å². The van der Waals surface area contributed by atoms with Crippen LogP contribution in [-0.2, 0) is 9.59 Å². The molecule has 0 heterocycles. The molecule has 8 N–H and O–H groups in total. The Bertz CT molecular complexity index is 140. The van der Waals surface area contributed by atoms with Crippen LogP contribution in [0.25, 0.3) is 0 Å². The first-order valence-corrected chi connectivity index (χ1v) is 2.24. The van der Waals surface area contributed by atoms with Gasteiger partial charge in [-0.1, -0.05) is 0 Å². The Morgan fingerprint density at radius 3 is 1.67 bits per heavy atom. The van der Waals surface area contributed by atoms with E-state index in [-0.39, 0.29) is 62.3 Å². The van der Waals surface area contributed by atoms with E-state index in [1.807, 2.05) is 0 Å². The molecule has 7 nitrogen and oxygen atoms in total. The van der Waals surface area contributed by atoms with Crippen LogP contribution < -0.4 is 5.73 Å². The predicted molar refractivity (Wildman–Crippen MR) is 42.2 cm³/mol. The molecule has 70 valence electrons. The maximum atomic E-state index is 9.85. The fourth-order valence-corrected chi connectivity index (χ4v) is 0.275. The standard InChI is InChI=1S/C4H7NO4.K.2H2O.H/c5-2(4(8)9)1-3(6)7;;;;/h2H,1,5H2,(H,6,7)(H,8,9);;2*1H2;/t2-;;;;/m0..../s1. The van der Waals surface area contributed by atoms with E-state index < -0.39 is 24.4 Å². The molecule has 0 amide bonds. The van der Waals surface area contributed by atoms with Gasteiger partial charge >= 0.3 is 63.3 Å². The average molecular weight is 209 g/mol. The van der Waals surface area contributed by atoms with Crippen LogP contribution in [0, 0.1) is 0 Å². The first-order valence-electron chi connectivity index (χ1n) is 2.24. The predicted octanol–water partition coefficient (Wildman–Crippen LogP) is -3.42. The zero-order valence-electron chi connectivity index (χ0n) is 5.57. The van der Waals surface area contributed by atoms with Crippen molar-refractivity contribution in [2.24, 2.45) is 5.73 Å². The topological polar surface area (TPSA) is 164 Å². The van der Waals surface area contributed by atoms with Gasteiger partial charge in [0.15, 0.2) is 0 Å². The molecule has 0 bridgehead atoms. The van der Waals surface area contributed by atoms with Gasteiger partial charge in [-0.25, -0.2) is 0 Å². The first-order chi connectivity index (χ1) is 4.04. The molecule has 0 saturated carbocycles. The number of rotatable bonds is 3. The second-order valence-electron chi connectivity index (χ2n) is 1.54. The van der Waals surface area contributed by atoms with Gasteiger partial charge in [0.05, 0.1) is 6.42 Å². The van der Waals surface area contributed by atoms with Crippen LogP contribution >= 0.6 is 0 Å². The minimum atomic E-state index is -1.29. The number of aliphatic carboxylic acids is 2. The minimum absolute atomic E-state index is 0. The van der Waals surface area contributed by atoms with E-state index in [2.05, 4.69) is 0 Å². The molecule has 0 aliphatic carbocycles. The fraction of sp³-hybridized carbons (Fsp3) is 0.500. The van der Waals surface area contributed by atoms with E-state index in [0.717, 1.165) is 0 Å². The number of hydrogen-bond acceptors (Lipinski definition) is 3. The molecule has 0 unspecified atom stereocenters. The molecule has 12 heavy (non-hydrogen) atoms. The molecule has 0 aliphatic rings. The van der Waals surface area contributed by atoms with Crippen LogP contribution in [0.15, 0.2) is 0 Å². The van der Waals surface area contributed by atoms with Gasteiger partial charge in [-0.05, 0) is 0 Å². The van der Waals surface area contributed by atoms with Gasteiger partial charge in [0.1, 0.15) is 6.04 Å². The molecular formula is C4H12KNO6. The van der Waals surface area contributed by atoms with Gasteiger partial charge in [0, 0.05) is 0 Å². The Balaban J connectivity index is -0.000000107. The molecule has 0 saturated heterocycles. The van der Waals surface area contributed by atoms with Crippen molar-refractivity contribution in [3.8, 4) is 0 Å². The molecule has 0 fully saturated rings. The summed E-state index contributed by atoms with van der Waals surface area (Å²) in [6, 6.07) is -1.29. The van der Waals surface area contributed by atoms with Gasteiger partial charge in [-0.15, -0.1) is 0 Å². The Kier molecular flexibility index (Phi) is 21.8. The number of carbonyl (C=O) groups is 2. The normalized spacial score (nSPS) is 9.42. The number of carboxylic acid groups (broad SMARTS) is 2. The summed E-state index contributed by atoms with van der Waals surface area (Å²) in [5.41, 5.74) is 4.84. The van der Waals surface area contributed by atoms with Crippen LogP contribution in [0.4, 0.5) is 0 Å². The molecule has 0 aromatic heterocycles. The van der Waals surface area contributed by atoms with Crippen molar-refractivity contribution >= 4 is 63.3 Å². The van der Waals surface area contributed by atoms with Crippen molar-refractivity contribution in [2.75, 3.05) is 0 Å². The third-order valence-corrected chi connectivity index (χ3v) is 0.712. The quantitative estimate of drug-likeness (QED) is 0.411. The van der Waals surface area contributed by atoms with E-state index in [9.17, 15) is 9.59 Å². The van der Waals surface area contributed by atoms with Crippen LogP contribution in [0.1, 0.15) is 6.42 Å². The number of hydrogen-bond donors (Lipinski definition) is 3. The summed E-state index contributed by atoms with van der Waals surface area (Å²) in [7, 11) is 0. The summed E-state index contributed by atoms with van der Waals surface area (Å²) in [5.74, 6) is -2.50. The summed E-state index contributed by atoms with van der Waals surface area (Å²) < 4.78 is 0. The molecule has 8 heteroatoms. The maximum absolute atomic E-state index is 9.85. The molecule has 0 radical (unpaired) electrons. The van der Waals surface area contributed by atoms with Crippen molar-refractivity contribution in [3.05, 3.63) is 0 Å². The van der Waals surface area contributed by atoms with E-state index in [4.69, 9.17) is 15.9 Å². The third kappa shape index (κ3) is 13.1. The molecule has 0 rings (SSSR count). The second kappa shape index (κ2) is 11.5. The zero-order valence-corrected chi connectivity index (χ0v) is 5.57. The molecule has 0 aromatic rings. The van der Waals surface area contributed by atoms with E-state index in [1.54, 1.807) is 0 Å². The third-order valence-electron chi connectivity index (χ3n) is 0.712. The molecule has 0 spiro atoms. The zero-order chi connectivity index (χ0) is 7.44. The Morgan fingerprint density at radius 1 is 1.25 bits per heavy atom. The van der Waals surface area contributed by atoms with Crippen molar-refractivity contribution in [2.45, 2.75) is 12.5 Å². The van der Waals surface area contributed by atoms with Crippen LogP contribution in [0.5, 0.6) is 0 Å². The van der Waals surface area contributed by atoms with Gasteiger partial charge in [0.25, 0.3) is 0 Å². The van der Waals surface area contributed by atoms with Gasteiger partial charge < -0.3 is 26.9 Å². The number of nitrogens with two attached hydrogens (primary N) is 1. The average Bonchev–Trinajstić information content (AvgIpc) is 1.63. The van der Waals surface area contributed by atoms with Gasteiger partial charge in [-0.2, -0.15) is 0 Å². The SMILES string of the molecule is N[C@@H](CC(=O)O)C(=O)O.O.O.[KH]. The Hall–Kier alpha value is 0.456. The molecular weight excluding hydrogens is 197 g/mol. The summed E-state index contributed by atoms with van der Waals surface area (Å²) in [5, 5.41) is 16.0. The van der Waals surface area contributed by atoms with Gasteiger partial charge in [0.2, 0.25) is 0 Å². The van der Waals surface area contributed by atoms with Crippen LogP contribution in [-0.4, -0.2) is 90.5 Å². The van der Waals surface area contributed by atoms with E-state index in [0.29, 0.717) is 0 Å². The molecule has 1 atom stereocenters. The monoisotopic (exact) mass is 209 g/mol. The van der Waals surface area contributed by atoms with Crippen LogP contribution in [0.3, 0.4) is 0 Å². The fourth-order valence-electron chi connectivity index (χ4n) is 0.275. The van der Waals surface area contributed by atoms with Gasteiger partial charge in [-0.3, -0.25) is 9.59 Å². The van der Waals surface area contributed by atoms with Crippen molar-refractivity contribution in [3.63, 3.8) is 0 Å². The summed E-state index contributed by atoms with van der Waals surface area (Å²) in [4.78, 5) is 19.6. The second-order valence-corrected chi connectivity index (χ2v) is 1.54. The summed E-state index contributed by atoms with van der Waals surface area (Å²) in [6.07, 6.45) is -0.532. The molecule has 0 aliphatic heterocycles. The van der Waals surface area contributed by atoms with Crippen molar-refractivity contribution in [1.29, 1.82) is 0 Å². The van der Waals surface area contributed by atoms with Crippen LogP contribution in [0.2, 0.25) is 0 Å². The summed E-state index contributed by atoms with van der Waals surface area (Å²) >= 11 is 0. The van der Waals surface area contributed by atoms with E-state index >= 15 is 0 Å². The van der Waals surface area contributed by atoms with Crippen molar-refractivity contribution < 1.29 is 30.8 Å². The van der Waals surface area contributed by atoms with E-state index in [1.165, 1.54) is 0 Å². The summed E-state index contributed by atoms with van der Waals surface area (Å²) in [6.45, 7) is 0. The first kappa shape index (κ1) is 22.9. The van der Waals surface area contributed by atoms with Crippen molar-refractivity contribution in [1.82, 2.24) is 0 Å². The molecule has 0 aromatic carbocycles. The Morgan fingerprint density at radius 2 is 1.58 bits per heavy atom. The number of carboxylic acids is 2.